The maximum atomic E-state index is 14.3. The molecule has 0 spiro atoms. The number of piperidine rings is 2. The van der Waals surface area contributed by atoms with E-state index in [1.165, 1.54) is 5.56 Å². The Hall–Kier alpha value is -1.85. The van der Waals surface area contributed by atoms with Crippen LogP contribution in [0.15, 0.2) is 42.5 Å². The minimum absolute atomic E-state index is 0.0229. The number of hydrogen-bond donors (Lipinski definition) is 1. The van der Waals surface area contributed by atoms with Gasteiger partial charge in [-0.3, -0.25) is 4.90 Å². The summed E-state index contributed by atoms with van der Waals surface area (Å²) in [5, 5.41) is 11.1. The highest BCUT2D eigenvalue weighted by atomic mass is 19.2. The first kappa shape index (κ1) is 17.6. The first-order valence-electron chi connectivity index (χ1n) is 9.14. The normalized spacial score (nSPS) is 28.9. The molecule has 2 fully saturated rings. The Balaban J connectivity index is 1.65. The van der Waals surface area contributed by atoms with Gasteiger partial charge in [-0.2, -0.15) is 0 Å². The second-order valence-corrected chi connectivity index (χ2v) is 7.55. The zero-order valence-corrected chi connectivity index (χ0v) is 14.5. The van der Waals surface area contributed by atoms with Crippen LogP contribution in [-0.2, 0) is 12.1 Å². The summed E-state index contributed by atoms with van der Waals surface area (Å²) in [5.74, 6) is -3.25. The molecule has 2 aliphatic rings. The number of halogens is 3. The fraction of sp³-hybridized carbons (Fsp3) is 0.429. The molecule has 0 amide bonds. The van der Waals surface area contributed by atoms with Crippen LogP contribution in [-0.4, -0.2) is 22.1 Å². The lowest BCUT2D eigenvalue weighted by molar-refractivity contribution is -0.103. The number of fused-ring (bicyclic) bond motifs is 2. The van der Waals surface area contributed by atoms with Crippen molar-refractivity contribution < 1.29 is 18.3 Å². The number of rotatable bonds is 3. The van der Waals surface area contributed by atoms with E-state index in [4.69, 9.17) is 0 Å². The van der Waals surface area contributed by atoms with Crippen LogP contribution in [0, 0.1) is 17.5 Å². The molecule has 2 atom stereocenters. The molecule has 138 valence electrons. The van der Waals surface area contributed by atoms with Crippen molar-refractivity contribution in [1.29, 1.82) is 0 Å². The van der Waals surface area contributed by atoms with Crippen LogP contribution in [0.4, 0.5) is 13.2 Å². The molecule has 2 aliphatic heterocycles. The maximum Gasteiger partial charge on any atom is 0.167 e. The third kappa shape index (κ3) is 3.03. The van der Waals surface area contributed by atoms with Crippen molar-refractivity contribution in [2.24, 2.45) is 0 Å². The molecule has 0 aromatic heterocycles. The van der Waals surface area contributed by atoms with Gasteiger partial charge in [-0.15, -0.1) is 0 Å². The van der Waals surface area contributed by atoms with Gasteiger partial charge in [-0.05, 0) is 43.4 Å². The Morgan fingerprint density at radius 1 is 0.923 bits per heavy atom. The van der Waals surface area contributed by atoms with Crippen molar-refractivity contribution in [2.75, 3.05) is 0 Å². The summed E-state index contributed by atoms with van der Waals surface area (Å²) in [6.45, 7) is 0.750. The highest BCUT2D eigenvalue weighted by Gasteiger charge is 2.48. The van der Waals surface area contributed by atoms with Gasteiger partial charge in [0.05, 0.1) is 11.2 Å². The molecule has 4 rings (SSSR count). The highest BCUT2D eigenvalue weighted by Crippen LogP contribution is 2.46. The Bertz CT molecular complexity index is 781. The van der Waals surface area contributed by atoms with Gasteiger partial charge in [0, 0.05) is 18.6 Å². The van der Waals surface area contributed by atoms with Crippen LogP contribution in [0.5, 0.6) is 0 Å². The smallest absolute Gasteiger partial charge is 0.167 e. The first-order valence-corrected chi connectivity index (χ1v) is 9.14. The van der Waals surface area contributed by atoms with Gasteiger partial charge in [0.15, 0.2) is 11.6 Å². The number of hydrogen-bond acceptors (Lipinski definition) is 2. The van der Waals surface area contributed by atoms with Crippen molar-refractivity contribution in [3.63, 3.8) is 0 Å². The van der Waals surface area contributed by atoms with E-state index in [-0.39, 0.29) is 24.9 Å². The van der Waals surface area contributed by atoms with Crippen molar-refractivity contribution in [3.8, 4) is 0 Å². The topological polar surface area (TPSA) is 23.5 Å². The molecular weight excluding hydrogens is 339 g/mol. The van der Waals surface area contributed by atoms with Crippen molar-refractivity contribution >= 4 is 0 Å². The van der Waals surface area contributed by atoms with E-state index in [1.807, 2.05) is 18.2 Å². The molecule has 0 aliphatic carbocycles. The fourth-order valence-electron chi connectivity index (χ4n) is 4.73. The van der Waals surface area contributed by atoms with Crippen LogP contribution < -0.4 is 0 Å². The average molecular weight is 361 g/mol. The van der Waals surface area contributed by atoms with Gasteiger partial charge in [0.2, 0.25) is 0 Å². The van der Waals surface area contributed by atoms with Crippen LogP contribution in [0.3, 0.4) is 0 Å². The van der Waals surface area contributed by atoms with E-state index in [0.29, 0.717) is 0 Å². The highest BCUT2D eigenvalue weighted by molar-refractivity contribution is 5.29. The molecule has 2 saturated heterocycles. The van der Waals surface area contributed by atoms with Gasteiger partial charge in [0.1, 0.15) is 5.82 Å². The van der Waals surface area contributed by atoms with Crippen molar-refractivity contribution in [2.45, 2.75) is 56.3 Å². The quantitative estimate of drug-likeness (QED) is 0.813. The minimum atomic E-state index is -1.67. The van der Waals surface area contributed by atoms with Crippen molar-refractivity contribution in [3.05, 3.63) is 71.0 Å². The van der Waals surface area contributed by atoms with Crippen LogP contribution in [0.25, 0.3) is 0 Å². The Morgan fingerprint density at radius 3 is 2.19 bits per heavy atom. The number of benzene rings is 2. The summed E-state index contributed by atoms with van der Waals surface area (Å²) >= 11 is 0. The second-order valence-electron chi connectivity index (χ2n) is 7.55. The summed E-state index contributed by atoms with van der Waals surface area (Å²) in [4.78, 5) is 2.34. The van der Waals surface area contributed by atoms with Gasteiger partial charge in [-0.1, -0.05) is 36.8 Å². The van der Waals surface area contributed by atoms with E-state index >= 15 is 0 Å². The second kappa shape index (κ2) is 6.71. The molecule has 2 nitrogen and oxygen atoms in total. The minimum Gasteiger partial charge on any atom is -0.385 e. The average Bonchev–Trinajstić information content (AvgIpc) is 2.60. The summed E-state index contributed by atoms with van der Waals surface area (Å²) in [5.41, 5.74) is -0.995. The SMILES string of the molecule is OC1(c2c(F)ccc(F)c2F)CC2CCCC(C1)N2Cc1ccccc1. The van der Waals surface area contributed by atoms with Crippen LogP contribution in [0.2, 0.25) is 0 Å². The Kier molecular flexibility index (Phi) is 4.53. The summed E-state index contributed by atoms with van der Waals surface area (Å²) in [6, 6.07) is 11.8. The fourth-order valence-corrected chi connectivity index (χ4v) is 4.73. The molecule has 2 aromatic rings. The molecular formula is C21H22F3NO. The number of aliphatic hydroxyl groups is 1. The molecule has 0 saturated carbocycles. The third-order valence-corrected chi connectivity index (χ3v) is 5.88. The summed E-state index contributed by atoms with van der Waals surface area (Å²) in [6.07, 6.45) is 3.19. The number of nitrogens with zero attached hydrogens (tertiary/aromatic N) is 1. The van der Waals surface area contributed by atoms with Crippen LogP contribution >= 0.6 is 0 Å². The Morgan fingerprint density at radius 2 is 1.54 bits per heavy atom. The zero-order valence-electron chi connectivity index (χ0n) is 14.5. The van der Waals surface area contributed by atoms with Crippen molar-refractivity contribution in [1.82, 2.24) is 4.90 Å². The van der Waals surface area contributed by atoms with E-state index in [0.717, 1.165) is 37.9 Å². The van der Waals surface area contributed by atoms with E-state index in [2.05, 4.69) is 17.0 Å². The lowest BCUT2D eigenvalue weighted by Crippen LogP contribution is -2.56. The molecule has 2 heterocycles. The van der Waals surface area contributed by atoms with Gasteiger partial charge in [-0.25, -0.2) is 13.2 Å². The van der Waals surface area contributed by atoms with E-state index in [1.54, 1.807) is 0 Å². The molecule has 0 radical (unpaired) electrons. The first-order chi connectivity index (χ1) is 12.5. The lowest BCUT2D eigenvalue weighted by Gasteiger charge is -2.52. The molecule has 1 N–H and O–H groups in total. The lowest BCUT2D eigenvalue weighted by atomic mass is 9.72. The monoisotopic (exact) mass is 361 g/mol. The van der Waals surface area contributed by atoms with Crippen LogP contribution in [0.1, 0.15) is 43.2 Å². The Labute approximate surface area is 151 Å². The predicted molar refractivity (Wildman–Crippen MR) is 92.9 cm³/mol. The van der Waals surface area contributed by atoms with E-state index in [9.17, 15) is 18.3 Å². The molecule has 5 heteroatoms. The largest absolute Gasteiger partial charge is 0.385 e. The maximum absolute atomic E-state index is 14.3. The van der Waals surface area contributed by atoms with Gasteiger partial charge >= 0.3 is 0 Å². The summed E-state index contributed by atoms with van der Waals surface area (Å²) in [7, 11) is 0. The van der Waals surface area contributed by atoms with Gasteiger partial charge in [0.25, 0.3) is 0 Å². The molecule has 2 unspecified atom stereocenters. The molecule has 2 aromatic carbocycles. The van der Waals surface area contributed by atoms with E-state index < -0.39 is 28.6 Å². The standard InChI is InChI=1S/C21H22F3NO/c22-17-9-10-18(23)20(24)19(17)21(26)11-15-7-4-8-16(12-21)25(15)13-14-5-2-1-3-6-14/h1-3,5-6,9-10,15-16,26H,4,7-8,11-13H2. The summed E-state index contributed by atoms with van der Waals surface area (Å²) < 4.78 is 42.3. The predicted octanol–water partition coefficient (Wildman–Crippen LogP) is 4.51. The van der Waals surface area contributed by atoms with Gasteiger partial charge < -0.3 is 5.11 Å². The zero-order chi connectivity index (χ0) is 18.3. The molecule has 2 bridgehead atoms. The molecule has 26 heavy (non-hydrogen) atoms. The third-order valence-electron chi connectivity index (χ3n) is 5.88.